The molecule has 0 saturated carbocycles. The van der Waals surface area contributed by atoms with Gasteiger partial charge in [-0.25, -0.2) is 0 Å². The zero-order valence-electron chi connectivity index (χ0n) is 21.0. The summed E-state index contributed by atoms with van der Waals surface area (Å²) in [7, 11) is 6.19. The Morgan fingerprint density at radius 2 is 1.84 bits per heavy atom. The molecule has 0 bridgehead atoms. The van der Waals surface area contributed by atoms with Gasteiger partial charge in [0.25, 0.3) is 0 Å². The predicted octanol–water partition coefficient (Wildman–Crippen LogP) is 0.909. The Kier molecular flexibility index (Phi) is 8.27. The summed E-state index contributed by atoms with van der Waals surface area (Å²) in [6.07, 6.45) is 0.118. The molecule has 1 amide bonds. The molecule has 0 spiro atoms. The van der Waals surface area contributed by atoms with Crippen LogP contribution in [0.25, 0.3) is 0 Å². The standard InChI is InChI=1S/C24H45N3O5/c1-14-11-24(30)12-18-19(26(5)6)10-15(2)31-23(18)32-21(24)16(3)20(28)17(4)22(29)25-8-9-27(7)13-14/h14-21,23,28,30H,8-13H2,1-7H3,(H,25,29)/t14-,15-,16+,17-,18-,19+,20+,21-,23+,24+/m1/s1. The van der Waals surface area contributed by atoms with Crippen LogP contribution in [0.5, 0.6) is 0 Å². The first-order valence-electron chi connectivity index (χ1n) is 12.3. The highest BCUT2D eigenvalue weighted by Crippen LogP contribution is 2.46. The number of aliphatic hydroxyl groups excluding tert-OH is 1. The van der Waals surface area contributed by atoms with Crippen LogP contribution in [0.1, 0.15) is 47.0 Å². The molecule has 3 N–H and O–H groups in total. The van der Waals surface area contributed by atoms with Gasteiger partial charge in [0.1, 0.15) is 0 Å². The van der Waals surface area contributed by atoms with Crippen LogP contribution >= 0.6 is 0 Å². The number of nitrogens with zero attached hydrogens (tertiary/aromatic N) is 2. The molecule has 0 aromatic carbocycles. The number of carbonyl (C=O) groups is 1. The maximum Gasteiger partial charge on any atom is 0.225 e. The summed E-state index contributed by atoms with van der Waals surface area (Å²) in [6, 6.07) is 0.251. The van der Waals surface area contributed by atoms with E-state index in [1.54, 1.807) is 6.92 Å². The van der Waals surface area contributed by atoms with Crippen LogP contribution in [0.15, 0.2) is 0 Å². The molecule has 3 aliphatic heterocycles. The molecule has 0 unspecified atom stereocenters. The maximum atomic E-state index is 12.6. The Morgan fingerprint density at radius 3 is 2.50 bits per heavy atom. The normalized spacial score (nSPS) is 47.4. The second-order valence-electron chi connectivity index (χ2n) is 11.1. The van der Waals surface area contributed by atoms with E-state index in [4.69, 9.17) is 9.47 Å². The Bertz CT molecular complexity index is 649. The minimum absolute atomic E-state index is 0.0492. The molecule has 0 aromatic rings. The second-order valence-corrected chi connectivity index (χ2v) is 11.1. The van der Waals surface area contributed by atoms with E-state index in [1.807, 2.05) is 14.0 Å². The minimum Gasteiger partial charge on any atom is -0.392 e. The molecule has 186 valence electrons. The lowest BCUT2D eigenvalue weighted by atomic mass is 9.69. The molecule has 3 rings (SSSR count). The van der Waals surface area contributed by atoms with E-state index in [-0.39, 0.29) is 29.9 Å². The highest BCUT2D eigenvalue weighted by molar-refractivity contribution is 5.78. The zero-order valence-corrected chi connectivity index (χ0v) is 21.0. The molecule has 0 aromatic heterocycles. The summed E-state index contributed by atoms with van der Waals surface area (Å²) in [5, 5.41) is 26.2. The Morgan fingerprint density at radius 1 is 1.16 bits per heavy atom. The topological polar surface area (TPSA) is 94.5 Å². The summed E-state index contributed by atoms with van der Waals surface area (Å²) in [4.78, 5) is 17.0. The third-order valence-corrected chi connectivity index (χ3v) is 7.91. The Balaban J connectivity index is 1.95. The van der Waals surface area contributed by atoms with Gasteiger partial charge in [-0.1, -0.05) is 20.8 Å². The predicted molar refractivity (Wildman–Crippen MR) is 123 cm³/mol. The first-order valence-corrected chi connectivity index (χ1v) is 12.3. The van der Waals surface area contributed by atoms with Gasteiger partial charge in [0.15, 0.2) is 6.29 Å². The van der Waals surface area contributed by atoms with E-state index in [0.29, 0.717) is 19.4 Å². The highest BCUT2D eigenvalue weighted by Gasteiger charge is 2.55. The summed E-state index contributed by atoms with van der Waals surface area (Å²) in [5.41, 5.74) is -1.11. The number of amides is 1. The van der Waals surface area contributed by atoms with Crippen LogP contribution in [0.3, 0.4) is 0 Å². The fraction of sp³-hybridized carbons (Fsp3) is 0.958. The molecule has 3 heterocycles. The van der Waals surface area contributed by atoms with Crippen molar-refractivity contribution in [3.05, 3.63) is 0 Å². The van der Waals surface area contributed by atoms with E-state index in [2.05, 4.69) is 43.1 Å². The largest absolute Gasteiger partial charge is 0.392 e. The number of nitrogens with one attached hydrogen (secondary N) is 1. The molecule has 0 radical (unpaired) electrons. The monoisotopic (exact) mass is 455 g/mol. The van der Waals surface area contributed by atoms with Gasteiger partial charge < -0.3 is 34.8 Å². The molecular formula is C24H45N3O5. The van der Waals surface area contributed by atoms with Crippen LogP contribution < -0.4 is 5.32 Å². The van der Waals surface area contributed by atoms with Crippen molar-refractivity contribution in [3.63, 3.8) is 0 Å². The molecule has 8 heteroatoms. The van der Waals surface area contributed by atoms with Gasteiger partial charge >= 0.3 is 0 Å². The molecule has 3 fully saturated rings. The van der Waals surface area contributed by atoms with Crippen molar-refractivity contribution in [1.29, 1.82) is 0 Å². The van der Waals surface area contributed by atoms with Gasteiger partial charge in [0.2, 0.25) is 5.91 Å². The van der Waals surface area contributed by atoms with Crippen molar-refractivity contribution in [2.24, 2.45) is 23.7 Å². The lowest BCUT2D eigenvalue weighted by Gasteiger charge is -2.55. The Labute approximate surface area is 193 Å². The van der Waals surface area contributed by atoms with Crippen LogP contribution in [-0.4, -0.2) is 103 Å². The van der Waals surface area contributed by atoms with E-state index < -0.39 is 35.9 Å². The first kappa shape index (κ1) is 25.8. The molecule has 3 saturated heterocycles. The molecular weight excluding hydrogens is 410 g/mol. The summed E-state index contributed by atoms with van der Waals surface area (Å²) >= 11 is 0. The molecule has 8 nitrogen and oxygen atoms in total. The van der Waals surface area contributed by atoms with Gasteiger partial charge in [0.05, 0.1) is 29.8 Å². The van der Waals surface area contributed by atoms with Crippen molar-refractivity contribution < 1.29 is 24.5 Å². The van der Waals surface area contributed by atoms with E-state index >= 15 is 0 Å². The first-order chi connectivity index (χ1) is 14.9. The zero-order chi connectivity index (χ0) is 23.8. The van der Waals surface area contributed by atoms with E-state index in [1.165, 1.54) is 0 Å². The smallest absolute Gasteiger partial charge is 0.225 e. The van der Waals surface area contributed by atoms with Crippen molar-refractivity contribution in [2.75, 3.05) is 40.8 Å². The lowest BCUT2D eigenvalue weighted by Crippen LogP contribution is -2.64. The third kappa shape index (κ3) is 5.47. The lowest BCUT2D eigenvalue weighted by molar-refractivity contribution is -0.328. The fourth-order valence-electron chi connectivity index (χ4n) is 6.26. The third-order valence-electron chi connectivity index (χ3n) is 7.91. The average molecular weight is 456 g/mol. The molecule has 32 heavy (non-hydrogen) atoms. The number of likely N-dealkylation sites (N-methyl/N-ethyl adjacent to an activating group) is 1. The number of rotatable bonds is 1. The van der Waals surface area contributed by atoms with E-state index in [0.717, 1.165) is 19.5 Å². The van der Waals surface area contributed by atoms with Crippen molar-refractivity contribution in [2.45, 2.75) is 83.2 Å². The van der Waals surface area contributed by atoms with Crippen LogP contribution in [-0.2, 0) is 14.3 Å². The minimum atomic E-state index is -1.11. The molecule has 0 aliphatic carbocycles. The van der Waals surface area contributed by atoms with E-state index in [9.17, 15) is 15.0 Å². The summed E-state index contributed by atoms with van der Waals surface area (Å²) in [6.45, 7) is 9.93. The Hall–Kier alpha value is -0.770. The molecule has 10 atom stereocenters. The number of carbonyl (C=O) groups excluding carboxylic acids is 1. The van der Waals surface area contributed by atoms with Crippen molar-refractivity contribution >= 4 is 5.91 Å². The molecule has 3 aliphatic rings. The van der Waals surface area contributed by atoms with Crippen LogP contribution in [0.4, 0.5) is 0 Å². The van der Waals surface area contributed by atoms with Gasteiger partial charge in [-0.15, -0.1) is 0 Å². The van der Waals surface area contributed by atoms with Crippen molar-refractivity contribution in [1.82, 2.24) is 15.1 Å². The number of hydrogen-bond acceptors (Lipinski definition) is 7. The second kappa shape index (κ2) is 10.2. The van der Waals surface area contributed by atoms with Crippen LogP contribution in [0.2, 0.25) is 0 Å². The SMILES string of the molecule is C[C@H]1CN(C)CCNC(=O)[C@H](C)[C@@H](O)[C@H](C)[C@H]2O[C@@H]3O[C@H](C)C[C@H](N(C)C)[C@H]3C[C@@]2(O)C1. The number of aliphatic hydroxyl groups is 2. The average Bonchev–Trinajstić information content (AvgIpc) is 2.70. The summed E-state index contributed by atoms with van der Waals surface area (Å²) in [5.74, 6) is -0.913. The fourth-order valence-corrected chi connectivity index (χ4v) is 6.26. The van der Waals surface area contributed by atoms with Gasteiger partial charge in [0, 0.05) is 37.5 Å². The van der Waals surface area contributed by atoms with Gasteiger partial charge in [-0.3, -0.25) is 4.79 Å². The van der Waals surface area contributed by atoms with Gasteiger partial charge in [-0.05, 0) is 53.2 Å². The van der Waals surface area contributed by atoms with Crippen LogP contribution in [0, 0.1) is 23.7 Å². The number of ether oxygens (including phenoxy) is 2. The summed E-state index contributed by atoms with van der Waals surface area (Å²) < 4.78 is 12.7. The number of hydrogen-bond donors (Lipinski definition) is 3. The van der Waals surface area contributed by atoms with Crippen molar-refractivity contribution in [3.8, 4) is 0 Å². The quantitative estimate of drug-likeness (QED) is 0.541. The highest BCUT2D eigenvalue weighted by atomic mass is 16.7. The maximum absolute atomic E-state index is 12.6. The van der Waals surface area contributed by atoms with Gasteiger partial charge in [-0.2, -0.15) is 0 Å². The number of fused-ring (bicyclic) bond motifs is 2.